The van der Waals surface area contributed by atoms with Crippen LogP contribution in [0.25, 0.3) is 11.1 Å². The Kier molecular flexibility index (Phi) is 12.2. The maximum atomic E-state index is 3.45. The van der Waals surface area contributed by atoms with Gasteiger partial charge in [0, 0.05) is 0 Å². The molecule has 0 aliphatic heterocycles. The van der Waals surface area contributed by atoms with Crippen molar-refractivity contribution in [3.63, 3.8) is 0 Å². The molecule has 0 amide bonds. The smallest absolute Gasteiger partial charge is 0.0253 e. The van der Waals surface area contributed by atoms with Gasteiger partial charge in [0.2, 0.25) is 0 Å². The molecule has 0 nitrogen and oxygen atoms in total. The van der Waals surface area contributed by atoms with Gasteiger partial charge < -0.3 is 24.8 Å². The van der Waals surface area contributed by atoms with Crippen LogP contribution >= 0.6 is 0 Å². The summed E-state index contributed by atoms with van der Waals surface area (Å²) in [5, 5.41) is 0. The normalized spacial score (nSPS) is 11.5. The Hall–Kier alpha value is -1.53. The van der Waals surface area contributed by atoms with E-state index >= 15 is 0 Å². The predicted octanol–water partition coefficient (Wildman–Crippen LogP) is 0.762. The van der Waals surface area contributed by atoms with Crippen molar-refractivity contribution in [2.24, 2.45) is 0 Å². The van der Waals surface area contributed by atoms with Gasteiger partial charge in [0.1, 0.15) is 0 Å². The van der Waals surface area contributed by atoms with Gasteiger partial charge in [-0.3, -0.25) is 6.08 Å². The van der Waals surface area contributed by atoms with Crippen LogP contribution in [0.3, 0.4) is 0 Å². The van der Waals surface area contributed by atoms with E-state index in [1.165, 1.54) is 66.4 Å². The van der Waals surface area contributed by atoms with E-state index in [1.54, 1.807) is 0 Å². The van der Waals surface area contributed by atoms with Crippen molar-refractivity contribution in [1.29, 1.82) is 0 Å². The minimum absolute atomic E-state index is 0. The Labute approximate surface area is 214 Å². The maximum absolute atomic E-state index is 3.45. The molecular weight excluding hydrogens is 498 g/mol. The average Bonchev–Trinajstić information content (AvgIpc) is 3.40. The molecule has 0 aromatic heterocycles. The second-order valence-corrected chi connectivity index (χ2v) is 9.21. The molecule has 0 N–H and O–H groups in total. The molecular formula is C28H26Cl2Zr-2. The molecule has 3 aromatic carbocycles. The fraction of sp³-hybridized carbons (Fsp3) is 0.179. The number of benzene rings is 3. The Bertz CT molecular complexity index is 990. The van der Waals surface area contributed by atoms with Gasteiger partial charge in [0.05, 0.1) is 0 Å². The third-order valence-electron chi connectivity index (χ3n) is 4.88. The second kappa shape index (κ2) is 13.8. The largest absolute Gasteiger partial charge is 1.00 e. The van der Waals surface area contributed by atoms with E-state index in [9.17, 15) is 0 Å². The van der Waals surface area contributed by atoms with Crippen LogP contribution < -0.4 is 24.8 Å². The molecule has 0 saturated heterocycles. The van der Waals surface area contributed by atoms with Gasteiger partial charge in [-0.25, -0.2) is 12.2 Å². The SMILES string of the molecule is C[C](=[Zr+2])c1ccccc1.Cc1[c-]c2c(cc1)-c1ccc(C)cc1C2.[C-]1=CC=CC1.[Cl-].[Cl-]. The molecule has 0 atom stereocenters. The van der Waals surface area contributed by atoms with Crippen LogP contribution in [0.5, 0.6) is 0 Å². The summed E-state index contributed by atoms with van der Waals surface area (Å²) in [5.41, 5.74) is 9.53. The first-order chi connectivity index (χ1) is 14.0. The number of rotatable bonds is 1. The summed E-state index contributed by atoms with van der Waals surface area (Å²) in [5.74, 6) is 0. The van der Waals surface area contributed by atoms with Crippen LogP contribution in [0.4, 0.5) is 0 Å². The van der Waals surface area contributed by atoms with Crippen molar-refractivity contribution >= 4 is 3.21 Å². The number of fused-ring (bicyclic) bond motifs is 3. The average molecular weight is 525 g/mol. The van der Waals surface area contributed by atoms with E-state index in [-0.39, 0.29) is 24.8 Å². The van der Waals surface area contributed by atoms with Gasteiger partial charge in [0.15, 0.2) is 0 Å². The van der Waals surface area contributed by atoms with Gasteiger partial charge in [0.25, 0.3) is 0 Å². The first kappa shape index (κ1) is 27.5. The number of hydrogen-bond acceptors (Lipinski definition) is 0. The summed E-state index contributed by atoms with van der Waals surface area (Å²) >= 11 is 1.51. The minimum Gasteiger partial charge on any atom is -1.00 e. The van der Waals surface area contributed by atoms with Crippen molar-refractivity contribution in [3.05, 3.63) is 119 Å². The first-order valence-electron chi connectivity index (χ1n) is 9.98. The molecule has 0 bridgehead atoms. The Morgan fingerprint density at radius 3 is 2.16 bits per heavy atom. The maximum Gasteiger partial charge on any atom is -0.0253 e. The molecule has 2 aliphatic rings. The predicted molar refractivity (Wildman–Crippen MR) is 121 cm³/mol. The quantitative estimate of drug-likeness (QED) is 0.323. The Morgan fingerprint density at radius 1 is 0.903 bits per heavy atom. The molecule has 5 rings (SSSR count). The van der Waals surface area contributed by atoms with Crippen molar-refractivity contribution in [2.45, 2.75) is 33.6 Å². The molecule has 158 valence electrons. The molecule has 0 spiro atoms. The molecule has 3 aromatic rings. The fourth-order valence-corrected chi connectivity index (χ4v) is 3.81. The zero-order chi connectivity index (χ0) is 20.6. The van der Waals surface area contributed by atoms with E-state index in [4.69, 9.17) is 0 Å². The van der Waals surface area contributed by atoms with Gasteiger partial charge in [-0.05, 0) is 18.9 Å². The van der Waals surface area contributed by atoms with Crippen molar-refractivity contribution in [3.8, 4) is 11.1 Å². The van der Waals surface area contributed by atoms with Gasteiger partial charge in [-0.2, -0.15) is 29.8 Å². The van der Waals surface area contributed by atoms with Gasteiger partial charge >= 0.3 is 70.3 Å². The molecule has 0 unspecified atom stereocenters. The van der Waals surface area contributed by atoms with Crippen LogP contribution in [0, 0.1) is 26.0 Å². The summed E-state index contributed by atoms with van der Waals surface area (Å²) in [4.78, 5) is 0. The number of halogens is 2. The standard InChI is InChI=1S/C15H13.C8H8.C5H5.2ClH.Zr/c1-10-3-5-14-12(7-10)9-13-8-11(2)4-6-15(13)14;1-2-8-6-4-3-5-7-8;1-2-4-5-3-1;;;/h3-7H,9H2,1-2H3;3-7H,1H3;1-3H,4H2;2*1H;/q-1;;-1;;;+2/p-2. The van der Waals surface area contributed by atoms with Crippen LogP contribution in [-0.4, -0.2) is 3.21 Å². The van der Waals surface area contributed by atoms with Crippen LogP contribution in [0.2, 0.25) is 0 Å². The van der Waals surface area contributed by atoms with E-state index in [0.717, 1.165) is 12.8 Å². The molecule has 0 saturated carbocycles. The van der Waals surface area contributed by atoms with Crippen molar-refractivity contribution in [2.75, 3.05) is 0 Å². The van der Waals surface area contributed by atoms with Crippen LogP contribution in [0.1, 0.15) is 41.2 Å². The summed E-state index contributed by atoms with van der Waals surface area (Å²) < 4.78 is 1.46. The Balaban J connectivity index is 0.000000258. The van der Waals surface area contributed by atoms with E-state index < -0.39 is 0 Å². The van der Waals surface area contributed by atoms with Crippen molar-refractivity contribution in [1.82, 2.24) is 0 Å². The van der Waals surface area contributed by atoms with Crippen LogP contribution in [-0.2, 0) is 30.7 Å². The zero-order valence-corrected chi connectivity index (χ0v) is 22.1. The van der Waals surface area contributed by atoms with E-state index in [0.29, 0.717) is 0 Å². The van der Waals surface area contributed by atoms with E-state index in [1.807, 2.05) is 18.2 Å². The topological polar surface area (TPSA) is 0 Å². The summed E-state index contributed by atoms with van der Waals surface area (Å²) in [6, 6.07) is 25.0. The zero-order valence-electron chi connectivity index (χ0n) is 18.2. The molecule has 0 fully saturated rings. The monoisotopic (exact) mass is 522 g/mol. The third kappa shape index (κ3) is 8.15. The summed E-state index contributed by atoms with van der Waals surface area (Å²) in [6.07, 6.45) is 11.0. The molecule has 0 heterocycles. The second-order valence-electron chi connectivity index (χ2n) is 7.37. The summed E-state index contributed by atoms with van der Waals surface area (Å²) in [7, 11) is 0. The Morgan fingerprint density at radius 2 is 1.61 bits per heavy atom. The molecule has 2 aliphatic carbocycles. The molecule has 31 heavy (non-hydrogen) atoms. The first-order valence-corrected chi connectivity index (χ1v) is 11.2. The number of allylic oxidation sites excluding steroid dienone is 4. The number of aryl methyl sites for hydroxylation is 2. The third-order valence-corrected chi connectivity index (χ3v) is 5.59. The van der Waals surface area contributed by atoms with E-state index in [2.05, 4.69) is 93.6 Å². The number of hydrogen-bond donors (Lipinski definition) is 0. The summed E-state index contributed by atoms with van der Waals surface area (Å²) in [6.45, 7) is 6.42. The molecule has 3 heteroatoms. The molecule has 0 radical (unpaired) electrons. The van der Waals surface area contributed by atoms with Crippen molar-refractivity contribution < 1.29 is 49.0 Å². The van der Waals surface area contributed by atoms with Gasteiger partial charge in [-0.15, -0.1) is 17.5 Å². The minimum atomic E-state index is 0. The fourth-order valence-electron chi connectivity index (χ4n) is 3.40. The van der Waals surface area contributed by atoms with Crippen LogP contribution in [0.15, 0.2) is 78.9 Å². The van der Waals surface area contributed by atoms with Gasteiger partial charge in [-0.1, -0.05) is 36.2 Å².